The van der Waals surface area contributed by atoms with Gasteiger partial charge in [-0.2, -0.15) is 0 Å². The summed E-state index contributed by atoms with van der Waals surface area (Å²) < 4.78 is 0.858. The molecule has 2 rings (SSSR count). The number of hydrogen-bond acceptors (Lipinski definition) is 3. The Morgan fingerprint density at radius 3 is 2.72 bits per heavy atom. The molecule has 0 saturated carbocycles. The molecule has 2 aromatic rings. The molecule has 18 heavy (non-hydrogen) atoms. The Balaban J connectivity index is 1.95. The van der Waals surface area contributed by atoms with E-state index in [1.54, 1.807) is 11.3 Å². The maximum atomic E-state index is 5.97. The third kappa shape index (κ3) is 3.35. The lowest BCUT2D eigenvalue weighted by molar-refractivity contribution is 0.442. The summed E-state index contributed by atoms with van der Waals surface area (Å²) in [7, 11) is 0. The van der Waals surface area contributed by atoms with Crippen LogP contribution in [-0.2, 0) is 5.41 Å². The zero-order valence-corrected chi connectivity index (χ0v) is 13.3. The lowest BCUT2D eigenvalue weighted by Crippen LogP contribution is -2.33. The van der Waals surface area contributed by atoms with Gasteiger partial charge in [0.15, 0.2) is 0 Å². The third-order valence-corrected chi connectivity index (χ3v) is 5.47. The van der Waals surface area contributed by atoms with Gasteiger partial charge in [0.25, 0.3) is 0 Å². The molecule has 0 radical (unpaired) electrons. The second-order valence-electron chi connectivity index (χ2n) is 5.15. The van der Waals surface area contributed by atoms with Gasteiger partial charge in [-0.15, -0.1) is 22.7 Å². The van der Waals surface area contributed by atoms with Gasteiger partial charge in [-0.05, 0) is 35.4 Å². The molecule has 0 spiro atoms. The Morgan fingerprint density at radius 1 is 1.39 bits per heavy atom. The van der Waals surface area contributed by atoms with Gasteiger partial charge < -0.3 is 5.32 Å². The van der Waals surface area contributed by atoms with Gasteiger partial charge >= 0.3 is 0 Å². The summed E-state index contributed by atoms with van der Waals surface area (Å²) in [6.45, 7) is 7.70. The Morgan fingerprint density at radius 2 is 2.17 bits per heavy atom. The van der Waals surface area contributed by atoms with Gasteiger partial charge in [0.2, 0.25) is 0 Å². The minimum absolute atomic E-state index is 0.169. The first-order chi connectivity index (χ1) is 8.49. The molecule has 0 aliphatic carbocycles. The number of halogens is 1. The summed E-state index contributed by atoms with van der Waals surface area (Å²) >= 11 is 9.38. The molecule has 2 aromatic heterocycles. The van der Waals surface area contributed by atoms with Crippen molar-refractivity contribution in [2.45, 2.75) is 32.2 Å². The van der Waals surface area contributed by atoms with Crippen LogP contribution in [0.4, 0.5) is 0 Å². The summed E-state index contributed by atoms with van der Waals surface area (Å²) in [6.07, 6.45) is 0. The molecule has 0 amide bonds. The number of nitrogens with one attached hydrogen (secondary N) is 1. The maximum Gasteiger partial charge on any atom is 0.0931 e. The van der Waals surface area contributed by atoms with Crippen molar-refractivity contribution in [1.29, 1.82) is 0 Å². The average Bonchev–Trinajstić information content (AvgIpc) is 2.96. The highest BCUT2D eigenvalue weighted by atomic mass is 35.5. The summed E-state index contributed by atoms with van der Waals surface area (Å²) in [5.74, 6) is 0. The topological polar surface area (TPSA) is 12.0 Å². The molecule has 0 aliphatic rings. The molecule has 0 fully saturated rings. The molecule has 0 aromatic carbocycles. The molecular formula is C14H18ClNS2. The monoisotopic (exact) mass is 299 g/mol. The molecule has 4 heteroatoms. The van der Waals surface area contributed by atoms with Crippen molar-refractivity contribution < 1.29 is 0 Å². The van der Waals surface area contributed by atoms with Crippen molar-refractivity contribution in [3.05, 3.63) is 43.7 Å². The molecule has 1 atom stereocenters. The van der Waals surface area contributed by atoms with Crippen LogP contribution in [0.5, 0.6) is 0 Å². The van der Waals surface area contributed by atoms with E-state index in [1.807, 2.05) is 17.4 Å². The van der Waals surface area contributed by atoms with E-state index in [0.29, 0.717) is 6.04 Å². The smallest absolute Gasteiger partial charge is 0.0931 e. The fourth-order valence-corrected chi connectivity index (χ4v) is 3.66. The van der Waals surface area contributed by atoms with Crippen molar-refractivity contribution >= 4 is 34.3 Å². The largest absolute Gasteiger partial charge is 0.309 e. The Hall–Kier alpha value is -0.350. The first-order valence-electron chi connectivity index (χ1n) is 6.00. The van der Waals surface area contributed by atoms with Gasteiger partial charge in [0.05, 0.1) is 4.34 Å². The van der Waals surface area contributed by atoms with E-state index in [9.17, 15) is 0 Å². The molecule has 0 saturated heterocycles. The second-order valence-corrected chi connectivity index (χ2v) is 7.64. The lowest BCUT2D eigenvalue weighted by atomic mass is 9.91. The molecule has 2 heterocycles. The fourth-order valence-electron chi connectivity index (χ4n) is 1.83. The first-order valence-corrected chi connectivity index (χ1v) is 8.14. The molecular weight excluding hydrogens is 282 g/mol. The van der Waals surface area contributed by atoms with Crippen LogP contribution in [0.25, 0.3) is 0 Å². The first kappa shape index (κ1) is 14.1. The van der Waals surface area contributed by atoms with E-state index in [1.165, 1.54) is 10.4 Å². The van der Waals surface area contributed by atoms with Crippen LogP contribution in [0.2, 0.25) is 4.34 Å². The molecule has 0 bridgehead atoms. The molecule has 98 valence electrons. The summed E-state index contributed by atoms with van der Waals surface area (Å²) in [5, 5.41) is 7.86. The van der Waals surface area contributed by atoms with Crippen molar-refractivity contribution in [1.82, 2.24) is 5.32 Å². The highest BCUT2D eigenvalue weighted by Gasteiger charge is 2.22. The van der Waals surface area contributed by atoms with Gasteiger partial charge in [0.1, 0.15) is 0 Å². The highest BCUT2D eigenvalue weighted by Crippen LogP contribution is 2.29. The Bertz CT molecular complexity index is 488. The quantitative estimate of drug-likeness (QED) is 0.810. The second kappa shape index (κ2) is 5.74. The van der Waals surface area contributed by atoms with Gasteiger partial charge in [-0.25, -0.2) is 0 Å². The van der Waals surface area contributed by atoms with Crippen molar-refractivity contribution in [3.8, 4) is 0 Å². The third-order valence-electron chi connectivity index (χ3n) is 3.13. The maximum absolute atomic E-state index is 5.97. The van der Waals surface area contributed by atoms with Gasteiger partial charge in [-0.1, -0.05) is 31.5 Å². The van der Waals surface area contributed by atoms with E-state index in [-0.39, 0.29) is 5.41 Å². The van der Waals surface area contributed by atoms with E-state index in [0.717, 1.165) is 10.9 Å². The van der Waals surface area contributed by atoms with Gasteiger partial charge in [-0.3, -0.25) is 0 Å². The summed E-state index contributed by atoms with van der Waals surface area (Å²) in [6, 6.07) is 6.71. The highest BCUT2D eigenvalue weighted by molar-refractivity contribution is 7.14. The molecule has 1 nitrogen and oxygen atoms in total. The van der Waals surface area contributed by atoms with Gasteiger partial charge in [0, 0.05) is 22.9 Å². The zero-order chi connectivity index (χ0) is 13.2. The van der Waals surface area contributed by atoms with E-state index < -0.39 is 0 Å². The standard InChI is InChI=1S/C14H18ClNS2/c1-10(11-7-13(15)18-8-11)16-9-14(2,3)12-5-4-6-17-12/h4-8,10,16H,9H2,1-3H3. The summed E-state index contributed by atoms with van der Waals surface area (Å²) in [4.78, 5) is 1.42. The fraction of sp³-hybridized carbons (Fsp3) is 0.429. The minimum atomic E-state index is 0.169. The Labute approximate surface area is 122 Å². The molecule has 1 N–H and O–H groups in total. The van der Waals surface area contributed by atoms with Crippen LogP contribution >= 0.6 is 34.3 Å². The number of thiophene rings is 2. The van der Waals surface area contributed by atoms with Crippen LogP contribution in [0.1, 0.15) is 37.3 Å². The predicted molar refractivity (Wildman–Crippen MR) is 83.1 cm³/mol. The molecule has 1 unspecified atom stereocenters. The van der Waals surface area contributed by atoms with Crippen LogP contribution in [0.15, 0.2) is 29.0 Å². The minimum Gasteiger partial charge on any atom is -0.309 e. The lowest BCUT2D eigenvalue weighted by Gasteiger charge is -2.26. The molecule has 0 aliphatic heterocycles. The predicted octanol–water partition coefficient (Wildman–Crippen LogP) is 5.09. The summed E-state index contributed by atoms with van der Waals surface area (Å²) in [5.41, 5.74) is 1.44. The number of rotatable bonds is 5. The van der Waals surface area contributed by atoms with Crippen LogP contribution in [0, 0.1) is 0 Å². The van der Waals surface area contributed by atoms with E-state index in [2.05, 4.69) is 49.0 Å². The van der Waals surface area contributed by atoms with Crippen LogP contribution in [-0.4, -0.2) is 6.54 Å². The zero-order valence-electron chi connectivity index (χ0n) is 10.9. The average molecular weight is 300 g/mol. The number of hydrogen-bond donors (Lipinski definition) is 1. The SMILES string of the molecule is CC(NCC(C)(C)c1cccs1)c1csc(Cl)c1. The van der Waals surface area contributed by atoms with Crippen LogP contribution in [0.3, 0.4) is 0 Å². The van der Waals surface area contributed by atoms with Crippen molar-refractivity contribution in [2.24, 2.45) is 0 Å². The van der Waals surface area contributed by atoms with Crippen molar-refractivity contribution in [2.75, 3.05) is 6.54 Å². The van der Waals surface area contributed by atoms with Crippen molar-refractivity contribution in [3.63, 3.8) is 0 Å². The van der Waals surface area contributed by atoms with E-state index >= 15 is 0 Å². The normalized spacial score (nSPS) is 13.8. The van der Waals surface area contributed by atoms with E-state index in [4.69, 9.17) is 11.6 Å². The Kier molecular flexibility index (Phi) is 4.49. The van der Waals surface area contributed by atoms with Crippen LogP contribution < -0.4 is 5.32 Å².